The van der Waals surface area contributed by atoms with Crippen LogP contribution in [0, 0.1) is 56.7 Å². The monoisotopic (exact) mass is 1820 g/mol. The Kier molecular flexibility index (Phi) is 49.1. The predicted molar refractivity (Wildman–Crippen MR) is 492 cm³/mol. The first-order chi connectivity index (χ1) is 60.1. The molecule has 6 N–H and O–H groups in total. The summed E-state index contributed by atoms with van der Waals surface area (Å²) in [5.74, 6) is 0. The Morgan fingerprint density at radius 1 is 0.368 bits per heavy atom. The molecule has 4 aliphatic rings. The van der Waals surface area contributed by atoms with Gasteiger partial charge in [-0.3, -0.25) is 4.90 Å². The molecule has 0 aliphatic carbocycles. The number of methoxy groups -OCH3 is 5. The summed E-state index contributed by atoms with van der Waals surface area (Å²) in [5, 5.41) is 49.2. The minimum atomic E-state index is -3.84. The third kappa shape index (κ3) is 39.1. The molecule has 9 rings (SSSR count). The lowest BCUT2D eigenvalue weighted by Crippen LogP contribution is -2.44. The van der Waals surface area contributed by atoms with E-state index in [-0.39, 0.29) is 90.3 Å². The van der Waals surface area contributed by atoms with E-state index in [0.717, 1.165) is 146 Å². The Labute approximate surface area is 740 Å². The van der Waals surface area contributed by atoms with Crippen molar-refractivity contribution < 1.29 is 75.2 Å². The van der Waals surface area contributed by atoms with E-state index >= 15 is 0 Å². The summed E-state index contributed by atoms with van der Waals surface area (Å²) in [5.41, 5.74) is 8.65. The SMILES string of the molecule is CCCN(CCC)c1ccc(/C=C(\C#N)S(=O)(=O)NCCOC)cc1.COCCNS(=O)(=O)/C(C#N)=C/c1ccc(N2CCCCC2)cc1.COCCNS(=O)(=O)/C(C#N)=C/c1ccc(N2CCN(C)CC2)cc1.COCCNS(=O)(=O)/C(C#N)=C/c1ccc(N2CCOCC2)cc1.COCCNS(=O)(=O)/C(C#N)=C/c1ccc(NCCN2CCOCC2)cc1. The Hall–Kier alpha value is -9.56. The van der Waals surface area contributed by atoms with Crippen molar-refractivity contribution >= 4 is 109 Å². The molecule has 682 valence electrons. The number of morpholine rings is 2. The molecule has 0 aromatic heterocycles. The molecule has 34 nitrogen and oxygen atoms in total. The second-order valence-electron chi connectivity index (χ2n) is 28.3. The number of nitrogens with zero attached hydrogens (tertiary/aromatic N) is 11. The van der Waals surface area contributed by atoms with E-state index < -0.39 is 50.1 Å². The van der Waals surface area contributed by atoms with Crippen LogP contribution in [0.25, 0.3) is 30.4 Å². The highest BCUT2D eigenvalue weighted by atomic mass is 32.2. The predicted octanol–water partition coefficient (Wildman–Crippen LogP) is 7.53. The van der Waals surface area contributed by atoms with Gasteiger partial charge >= 0.3 is 0 Å². The van der Waals surface area contributed by atoms with Gasteiger partial charge in [0.2, 0.25) is 0 Å². The number of hydrogen-bond donors (Lipinski definition) is 6. The van der Waals surface area contributed by atoms with Gasteiger partial charge in [0.05, 0.1) is 59.5 Å². The number of hydrogen-bond acceptors (Lipinski definition) is 29. The van der Waals surface area contributed by atoms with Crippen LogP contribution in [0.1, 0.15) is 73.8 Å². The molecule has 0 radical (unpaired) electrons. The fourth-order valence-electron chi connectivity index (χ4n) is 12.3. The molecule has 4 saturated heterocycles. The molecule has 39 heteroatoms. The first kappa shape index (κ1) is 106. The van der Waals surface area contributed by atoms with Gasteiger partial charge in [0, 0.05) is 188 Å². The molecule has 125 heavy (non-hydrogen) atoms. The number of anilines is 5. The largest absolute Gasteiger partial charge is 0.384 e. The number of piperazine rings is 1. The lowest BCUT2D eigenvalue weighted by atomic mass is 10.1. The lowest BCUT2D eigenvalue weighted by Gasteiger charge is -2.34. The summed E-state index contributed by atoms with van der Waals surface area (Å²) >= 11 is 0. The molecular weight excluding hydrogens is 1700 g/mol. The highest BCUT2D eigenvalue weighted by Crippen LogP contribution is 2.26. The van der Waals surface area contributed by atoms with Gasteiger partial charge in [0.1, 0.15) is 30.3 Å². The van der Waals surface area contributed by atoms with Crippen LogP contribution >= 0.6 is 0 Å². The zero-order valence-electron chi connectivity index (χ0n) is 72.7. The van der Waals surface area contributed by atoms with Gasteiger partial charge in [0.25, 0.3) is 50.1 Å². The van der Waals surface area contributed by atoms with Crippen molar-refractivity contribution in [3.05, 3.63) is 174 Å². The van der Waals surface area contributed by atoms with E-state index in [4.69, 9.17) is 43.7 Å². The molecule has 5 aromatic carbocycles. The van der Waals surface area contributed by atoms with Crippen LogP contribution in [0.3, 0.4) is 0 Å². The van der Waals surface area contributed by atoms with Gasteiger partial charge in [-0.15, -0.1) is 0 Å². The zero-order chi connectivity index (χ0) is 91.4. The van der Waals surface area contributed by atoms with Crippen LogP contribution in [0.4, 0.5) is 28.4 Å². The molecule has 0 unspecified atom stereocenters. The van der Waals surface area contributed by atoms with Crippen molar-refractivity contribution in [3.63, 3.8) is 0 Å². The van der Waals surface area contributed by atoms with E-state index in [9.17, 15) is 57.9 Å². The Bertz CT molecular complexity index is 4920. The Morgan fingerprint density at radius 3 is 0.928 bits per heavy atom. The second-order valence-corrected chi connectivity index (χ2v) is 37.0. The quantitative estimate of drug-likeness (QED) is 0.0162. The van der Waals surface area contributed by atoms with Crippen molar-refractivity contribution in [2.75, 3.05) is 251 Å². The number of rotatable bonds is 42. The zero-order valence-corrected chi connectivity index (χ0v) is 76.8. The van der Waals surface area contributed by atoms with Crippen molar-refractivity contribution in [1.82, 2.24) is 33.4 Å². The minimum absolute atomic E-state index is 0.115. The van der Waals surface area contributed by atoms with Gasteiger partial charge in [-0.25, -0.2) is 65.7 Å². The number of ether oxygens (including phenoxy) is 7. The number of sulfonamides is 5. The van der Waals surface area contributed by atoms with Crippen LogP contribution in [0.2, 0.25) is 0 Å². The number of nitriles is 5. The maximum Gasteiger partial charge on any atom is 0.250 e. The fourth-order valence-corrected chi connectivity index (χ4v) is 16.9. The number of nitrogens with one attached hydrogen (secondary N) is 6. The Balaban J connectivity index is 0.000000278. The van der Waals surface area contributed by atoms with Gasteiger partial charge in [0.15, 0.2) is 24.5 Å². The topological polar surface area (TPSA) is 446 Å². The maximum absolute atomic E-state index is 12.1. The number of benzene rings is 5. The minimum Gasteiger partial charge on any atom is -0.384 e. The average Bonchev–Trinajstić information content (AvgIpc) is 0.849. The highest BCUT2D eigenvalue weighted by Gasteiger charge is 2.24. The van der Waals surface area contributed by atoms with Gasteiger partial charge in [-0.2, -0.15) is 26.3 Å². The van der Waals surface area contributed by atoms with Crippen molar-refractivity contribution in [2.24, 2.45) is 0 Å². The third-order valence-corrected chi connectivity index (χ3v) is 26.0. The van der Waals surface area contributed by atoms with Crippen LogP contribution in [0.15, 0.2) is 146 Å². The second kappa shape index (κ2) is 57.9. The number of likely N-dealkylation sites (N-methyl/N-ethyl adjacent to an activating group) is 1. The van der Waals surface area contributed by atoms with Crippen LogP contribution < -0.4 is 48.5 Å². The van der Waals surface area contributed by atoms with Gasteiger partial charge in [-0.05, 0) is 158 Å². The molecule has 4 fully saturated rings. The lowest BCUT2D eigenvalue weighted by molar-refractivity contribution is 0.0398. The molecule has 0 atom stereocenters. The maximum atomic E-state index is 12.1. The summed E-state index contributed by atoms with van der Waals surface area (Å²) in [7, 11) is -9.62. The summed E-state index contributed by atoms with van der Waals surface area (Å²) < 4.78 is 167. The molecular formula is C86H121N17O17S5. The van der Waals surface area contributed by atoms with E-state index in [1.165, 1.54) is 85.2 Å². The molecule has 0 bridgehead atoms. The van der Waals surface area contributed by atoms with Crippen molar-refractivity contribution in [3.8, 4) is 30.3 Å². The molecule has 5 aromatic rings. The first-order valence-corrected chi connectivity index (χ1v) is 48.4. The summed E-state index contributed by atoms with van der Waals surface area (Å²) in [4.78, 5) is 12.2. The average molecular weight is 1830 g/mol. The van der Waals surface area contributed by atoms with E-state index in [1.54, 1.807) is 54.6 Å². The Morgan fingerprint density at radius 2 is 0.640 bits per heavy atom. The molecule has 0 amide bonds. The van der Waals surface area contributed by atoms with Crippen LogP contribution in [-0.2, 0) is 83.3 Å². The summed E-state index contributed by atoms with van der Waals surface area (Å²) in [6, 6.07) is 46.2. The van der Waals surface area contributed by atoms with Crippen molar-refractivity contribution in [1.29, 1.82) is 26.3 Å². The van der Waals surface area contributed by atoms with E-state index in [2.05, 4.69) is 79.2 Å². The summed E-state index contributed by atoms with van der Waals surface area (Å²) in [6.07, 6.45) is 12.6. The number of allylic oxidation sites excluding steroid dienone is 5. The molecule has 0 spiro atoms. The molecule has 0 saturated carbocycles. The van der Waals surface area contributed by atoms with Gasteiger partial charge < -0.3 is 63.0 Å². The number of piperidine rings is 1. The smallest absolute Gasteiger partial charge is 0.250 e. The van der Waals surface area contributed by atoms with Crippen LogP contribution in [-0.4, -0.2) is 278 Å². The third-order valence-electron chi connectivity index (χ3n) is 19.1. The van der Waals surface area contributed by atoms with E-state index in [0.29, 0.717) is 41.0 Å². The summed E-state index contributed by atoms with van der Waals surface area (Å²) in [6.45, 7) is 22.4. The van der Waals surface area contributed by atoms with Crippen molar-refractivity contribution in [2.45, 2.75) is 46.0 Å². The van der Waals surface area contributed by atoms with E-state index in [1.807, 2.05) is 97.1 Å². The normalized spacial score (nSPS) is 15.4. The standard InChI is InChI=1S/C18H26N4O4S.C18H27N3O3S.C17H24N4O3S.C17H23N3O3S.C16H21N3O4S/c1-25-11-7-21-27(23,24)18(15-19)14-16-2-4-17(5-3-16)20-6-8-22-9-12-26-13-10-22;1-4-11-21(12-5-2)17-8-6-16(7-9-17)14-18(15-19)25(22,23)20-10-13-24-3;1-20-8-10-21(11-9-20)16-5-3-15(4-6-16)13-17(14-18)25(22,23)19-7-12-24-2;1-23-12-9-19-24(21,22)17(14-18)13-15-5-7-16(8-6-15)20-10-3-2-4-11-20;1-22-9-6-18-24(20,21)16(13-17)12-14-2-4-15(5-3-14)19-7-10-23-11-8-19/h2-5,14,20-21H,6-13H2,1H3;6-9,14,20H,4-5,10-13H2,1-3H3;3-6,13,19H,7-12H2,1-2H3;5-8,13,19H,2-4,9-12H2,1H3;2-5,12,18H,6-11H2,1H3/b2*18-14+;2*17-13+;16-12+. The highest BCUT2D eigenvalue weighted by molar-refractivity contribution is 7.95. The van der Waals surface area contributed by atoms with Crippen LogP contribution in [0.5, 0.6) is 0 Å². The fraction of sp³-hybridized carbons (Fsp3) is 0.477. The van der Waals surface area contributed by atoms with Gasteiger partial charge in [-0.1, -0.05) is 74.5 Å². The molecule has 4 aliphatic heterocycles. The first-order valence-electron chi connectivity index (χ1n) is 40.9. The molecule has 4 heterocycles.